The van der Waals surface area contributed by atoms with Gasteiger partial charge in [0.1, 0.15) is 5.82 Å². The summed E-state index contributed by atoms with van der Waals surface area (Å²) < 4.78 is 0. The standard InChI is InChI=1S/C14H26N4O/c1-9(2)18(6)8-7-15-10(3)13-11(4)16-12(5)17-14(13)19/h9-10,15H,7-8H2,1-6H3,(H,16,17,19). The van der Waals surface area contributed by atoms with Crippen LogP contribution in [0.2, 0.25) is 0 Å². The fourth-order valence-corrected chi connectivity index (χ4v) is 2.06. The number of nitrogens with zero attached hydrogens (tertiary/aromatic N) is 2. The summed E-state index contributed by atoms with van der Waals surface area (Å²) >= 11 is 0. The van der Waals surface area contributed by atoms with Crippen LogP contribution in [0.1, 0.15) is 43.9 Å². The highest BCUT2D eigenvalue weighted by Crippen LogP contribution is 2.10. The number of H-pyrrole nitrogens is 1. The minimum absolute atomic E-state index is 0.0115. The topological polar surface area (TPSA) is 61.0 Å². The van der Waals surface area contributed by atoms with Gasteiger partial charge in [-0.05, 0) is 41.7 Å². The molecule has 0 aliphatic heterocycles. The van der Waals surface area contributed by atoms with Crippen molar-refractivity contribution in [2.45, 2.75) is 46.7 Å². The van der Waals surface area contributed by atoms with Crippen molar-refractivity contribution in [1.82, 2.24) is 20.2 Å². The van der Waals surface area contributed by atoms with Crippen molar-refractivity contribution in [3.63, 3.8) is 0 Å². The number of aryl methyl sites for hydroxylation is 2. The summed E-state index contributed by atoms with van der Waals surface area (Å²) in [5, 5.41) is 3.38. The van der Waals surface area contributed by atoms with Gasteiger partial charge in [0.15, 0.2) is 0 Å². The second kappa shape index (κ2) is 6.82. The molecule has 0 radical (unpaired) electrons. The second-order valence-electron chi connectivity index (χ2n) is 5.40. The van der Waals surface area contributed by atoms with E-state index < -0.39 is 0 Å². The molecule has 1 aromatic rings. The molecule has 0 saturated carbocycles. The minimum Gasteiger partial charge on any atom is -0.310 e. The molecular formula is C14H26N4O. The van der Waals surface area contributed by atoms with Crippen LogP contribution in [0.25, 0.3) is 0 Å². The third kappa shape index (κ3) is 4.44. The van der Waals surface area contributed by atoms with Crippen molar-refractivity contribution in [3.05, 3.63) is 27.4 Å². The van der Waals surface area contributed by atoms with E-state index in [4.69, 9.17) is 0 Å². The Hall–Kier alpha value is -1.20. The van der Waals surface area contributed by atoms with E-state index in [1.54, 1.807) is 6.92 Å². The van der Waals surface area contributed by atoms with Gasteiger partial charge in [0.05, 0.1) is 5.56 Å². The molecule has 1 atom stereocenters. The first-order chi connectivity index (χ1) is 8.82. The van der Waals surface area contributed by atoms with Gasteiger partial charge in [-0.25, -0.2) is 4.98 Å². The number of aromatic nitrogens is 2. The van der Waals surface area contributed by atoms with E-state index in [9.17, 15) is 4.79 Å². The highest BCUT2D eigenvalue weighted by Gasteiger charge is 2.14. The van der Waals surface area contributed by atoms with Crippen molar-refractivity contribution in [3.8, 4) is 0 Å². The molecule has 1 heterocycles. The van der Waals surface area contributed by atoms with E-state index in [0.717, 1.165) is 24.3 Å². The lowest BCUT2D eigenvalue weighted by molar-refractivity contribution is 0.270. The van der Waals surface area contributed by atoms with Gasteiger partial charge in [0.25, 0.3) is 5.56 Å². The lowest BCUT2D eigenvalue weighted by atomic mass is 10.1. The summed E-state index contributed by atoms with van der Waals surface area (Å²) in [4.78, 5) is 21.3. The van der Waals surface area contributed by atoms with E-state index in [1.807, 2.05) is 13.8 Å². The van der Waals surface area contributed by atoms with Crippen LogP contribution in [0, 0.1) is 13.8 Å². The molecule has 1 aromatic heterocycles. The normalized spacial score (nSPS) is 13.3. The molecule has 5 nitrogen and oxygen atoms in total. The lowest BCUT2D eigenvalue weighted by Crippen LogP contribution is -2.36. The van der Waals surface area contributed by atoms with Crippen molar-refractivity contribution in [1.29, 1.82) is 0 Å². The molecule has 1 unspecified atom stereocenters. The van der Waals surface area contributed by atoms with Crippen LogP contribution in [-0.2, 0) is 0 Å². The van der Waals surface area contributed by atoms with Crippen molar-refractivity contribution < 1.29 is 0 Å². The second-order valence-corrected chi connectivity index (χ2v) is 5.40. The molecule has 108 valence electrons. The predicted octanol–water partition coefficient (Wildman–Crippen LogP) is 1.38. The highest BCUT2D eigenvalue weighted by atomic mass is 16.1. The van der Waals surface area contributed by atoms with E-state index in [2.05, 4.69) is 41.1 Å². The highest BCUT2D eigenvalue weighted by molar-refractivity contribution is 5.19. The number of likely N-dealkylation sites (N-methyl/N-ethyl adjacent to an activating group) is 1. The van der Waals surface area contributed by atoms with Crippen molar-refractivity contribution >= 4 is 0 Å². The first kappa shape index (κ1) is 15.9. The molecular weight excluding hydrogens is 240 g/mol. The number of hydrogen-bond acceptors (Lipinski definition) is 4. The zero-order chi connectivity index (χ0) is 14.6. The zero-order valence-electron chi connectivity index (χ0n) is 12.9. The summed E-state index contributed by atoms with van der Waals surface area (Å²) in [7, 11) is 2.10. The Bertz CT molecular complexity index is 467. The molecule has 0 saturated heterocycles. The summed E-state index contributed by atoms with van der Waals surface area (Å²) in [6.07, 6.45) is 0. The third-order valence-electron chi connectivity index (χ3n) is 3.49. The van der Waals surface area contributed by atoms with Crippen LogP contribution in [0.4, 0.5) is 0 Å². The molecule has 0 bridgehead atoms. The maximum atomic E-state index is 12.0. The zero-order valence-corrected chi connectivity index (χ0v) is 12.9. The van der Waals surface area contributed by atoms with Crippen molar-refractivity contribution in [2.75, 3.05) is 20.1 Å². The number of nitrogens with one attached hydrogen (secondary N) is 2. The van der Waals surface area contributed by atoms with Gasteiger partial charge in [-0.2, -0.15) is 0 Å². The quantitative estimate of drug-likeness (QED) is 0.816. The summed E-state index contributed by atoms with van der Waals surface area (Å²) in [6, 6.07) is 0.542. The first-order valence-electron chi connectivity index (χ1n) is 6.84. The Morgan fingerprint density at radius 3 is 2.47 bits per heavy atom. The van der Waals surface area contributed by atoms with Crippen LogP contribution >= 0.6 is 0 Å². The Balaban J connectivity index is 2.64. The summed E-state index contributed by atoms with van der Waals surface area (Å²) in [5.74, 6) is 0.665. The average Bonchev–Trinajstić information content (AvgIpc) is 2.26. The fraction of sp³-hybridized carbons (Fsp3) is 0.714. The summed E-state index contributed by atoms with van der Waals surface area (Å²) in [6.45, 7) is 11.8. The molecule has 0 spiro atoms. The fourth-order valence-electron chi connectivity index (χ4n) is 2.06. The van der Waals surface area contributed by atoms with Crippen LogP contribution < -0.4 is 10.9 Å². The van der Waals surface area contributed by atoms with Crippen molar-refractivity contribution in [2.24, 2.45) is 0 Å². The monoisotopic (exact) mass is 266 g/mol. The van der Waals surface area contributed by atoms with E-state index in [-0.39, 0.29) is 11.6 Å². The molecule has 2 N–H and O–H groups in total. The van der Waals surface area contributed by atoms with Gasteiger partial charge in [-0.15, -0.1) is 0 Å². The predicted molar refractivity (Wildman–Crippen MR) is 78.5 cm³/mol. The van der Waals surface area contributed by atoms with Gasteiger partial charge >= 0.3 is 0 Å². The van der Waals surface area contributed by atoms with Gasteiger partial charge in [0.2, 0.25) is 0 Å². The molecule has 0 fully saturated rings. The molecule has 0 aliphatic rings. The Morgan fingerprint density at radius 1 is 1.32 bits per heavy atom. The molecule has 0 aromatic carbocycles. The Labute approximate surface area is 115 Å². The molecule has 19 heavy (non-hydrogen) atoms. The van der Waals surface area contributed by atoms with Gasteiger partial charge in [-0.3, -0.25) is 4.79 Å². The third-order valence-corrected chi connectivity index (χ3v) is 3.49. The first-order valence-corrected chi connectivity index (χ1v) is 6.84. The molecule has 1 rings (SSSR count). The smallest absolute Gasteiger partial charge is 0.255 e. The average molecular weight is 266 g/mol. The molecule has 0 amide bonds. The maximum Gasteiger partial charge on any atom is 0.255 e. The van der Waals surface area contributed by atoms with Crippen LogP contribution in [0.3, 0.4) is 0 Å². The Kier molecular flexibility index (Phi) is 5.69. The van der Waals surface area contributed by atoms with Crippen LogP contribution in [0.5, 0.6) is 0 Å². The van der Waals surface area contributed by atoms with E-state index >= 15 is 0 Å². The van der Waals surface area contributed by atoms with Gasteiger partial charge in [-0.1, -0.05) is 0 Å². The largest absolute Gasteiger partial charge is 0.310 e. The van der Waals surface area contributed by atoms with Crippen LogP contribution in [-0.4, -0.2) is 41.0 Å². The lowest BCUT2D eigenvalue weighted by Gasteiger charge is -2.22. The molecule has 5 heteroatoms. The number of hydrogen-bond donors (Lipinski definition) is 2. The SMILES string of the molecule is Cc1nc(C)c(C(C)NCCN(C)C(C)C)c(=O)[nH]1. The number of rotatable bonds is 6. The summed E-state index contributed by atoms with van der Waals surface area (Å²) in [5.41, 5.74) is 1.50. The Morgan fingerprint density at radius 2 is 1.95 bits per heavy atom. The van der Waals surface area contributed by atoms with E-state index in [1.165, 1.54) is 0 Å². The van der Waals surface area contributed by atoms with Gasteiger partial charge in [0, 0.05) is 30.9 Å². The minimum atomic E-state index is -0.0396. The van der Waals surface area contributed by atoms with Gasteiger partial charge < -0.3 is 15.2 Å². The van der Waals surface area contributed by atoms with Crippen LogP contribution in [0.15, 0.2) is 4.79 Å². The van der Waals surface area contributed by atoms with E-state index in [0.29, 0.717) is 11.9 Å². The maximum absolute atomic E-state index is 12.0. The number of aromatic amines is 1. The molecule has 0 aliphatic carbocycles.